The second-order valence-corrected chi connectivity index (χ2v) is 4.10. The maximum absolute atomic E-state index is 11.5. The number of amides is 1. The topological polar surface area (TPSA) is 87.8 Å². The summed E-state index contributed by atoms with van der Waals surface area (Å²) in [5.74, 6) is -0.188. The molecule has 1 aromatic carbocycles. The van der Waals surface area contributed by atoms with Crippen molar-refractivity contribution in [1.82, 2.24) is 10.3 Å². The minimum atomic E-state index is -0.465. The smallest absolute Gasteiger partial charge is 0.269 e. The Morgan fingerprint density at radius 2 is 1.95 bits per heavy atom. The van der Waals surface area contributed by atoms with E-state index in [4.69, 9.17) is 0 Å². The molecular weight excluding hydrogens is 260 g/mol. The highest BCUT2D eigenvalue weighted by Crippen LogP contribution is 2.10. The van der Waals surface area contributed by atoms with Gasteiger partial charge in [-0.25, -0.2) is 5.43 Å². The van der Waals surface area contributed by atoms with E-state index in [9.17, 15) is 14.9 Å². The minimum Gasteiger partial charge on any atom is -0.295 e. The van der Waals surface area contributed by atoms with E-state index in [1.807, 2.05) is 18.7 Å². The van der Waals surface area contributed by atoms with E-state index in [0.29, 0.717) is 12.1 Å². The Morgan fingerprint density at radius 1 is 1.35 bits per heavy atom. The third kappa shape index (κ3) is 5.15. The van der Waals surface area contributed by atoms with Crippen molar-refractivity contribution in [2.45, 2.75) is 13.8 Å². The van der Waals surface area contributed by atoms with Gasteiger partial charge in [-0.15, -0.1) is 0 Å². The van der Waals surface area contributed by atoms with Crippen molar-refractivity contribution < 1.29 is 9.72 Å². The number of nitrogens with zero attached hydrogens (tertiary/aromatic N) is 3. The minimum absolute atomic E-state index is 0.0210. The number of rotatable bonds is 7. The maximum atomic E-state index is 11.5. The molecule has 7 nitrogen and oxygen atoms in total. The molecule has 20 heavy (non-hydrogen) atoms. The average molecular weight is 278 g/mol. The molecule has 1 N–H and O–H groups in total. The van der Waals surface area contributed by atoms with Crippen LogP contribution in [0.2, 0.25) is 0 Å². The summed E-state index contributed by atoms with van der Waals surface area (Å²) in [6.07, 6.45) is 1.45. The number of carbonyl (C=O) groups is 1. The van der Waals surface area contributed by atoms with Crippen LogP contribution in [0.15, 0.2) is 29.4 Å². The summed E-state index contributed by atoms with van der Waals surface area (Å²) in [4.78, 5) is 23.5. The molecule has 0 heterocycles. The molecule has 0 aliphatic heterocycles. The van der Waals surface area contributed by atoms with Crippen molar-refractivity contribution >= 4 is 17.8 Å². The standard InChI is InChI=1S/C13H18N4O3/c1-3-16(4-2)10-13(18)15-14-9-11-5-7-12(8-6-11)17(19)20/h5-9H,3-4,10H2,1-2H3,(H,15,18)/b14-9-. The third-order valence-corrected chi connectivity index (χ3v) is 2.77. The molecule has 0 aliphatic rings. The summed E-state index contributed by atoms with van der Waals surface area (Å²) < 4.78 is 0. The molecule has 0 saturated carbocycles. The molecule has 0 radical (unpaired) electrons. The van der Waals surface area contributed by atoms with E-state index in [0.717, 1.165) is 13.1 Å². The number of likely N-dealkylation sites (N-methyl/N-ethyl adjacent to an activating group) is 1. The van der Waals surface area contributed by atoms with Crippen molar-refractivity contribution in [3.8, 4) is 0 Å². The Labute approximate surface area is 117 Å². The van der Waals surface area contributed by atoms with Crippen LogP contribution in [0.4, 0.5) is 5.69 Å². The van der Waals surface area contributed by atoms with Gasteiger partial charge in [-0.3, -0.25) is 19.8 Å². The fourth-order valence-corrected chi connectivity index (χ4v) is 1.55. The van der Waals surface area contributed by atoms with Gasteiger partial charge in [-0.1, -0.05) is 13.8 Å². The second-order valence-electron chi connectivity index (χ2n) is 4.10. The summed E-state index contributed by atoms with van der Waals surface area (Å²) in [5.41, 5.74) is 3.12. The summed E-state index contributed by atoms with van der Waals surface area (Å²) in [7, 11) is 0. The van der Waals surface area contributed by atoms with E-state index in [1.165, 1.54) is 18.3 Å². The molecule has 0 spiro atoms. The Hall–Kier alpha value is -2.28. The van der Waals surface area contributed by atoms with Crippen LogP contribution < -0.4 is 5.43 Å². The second kappa shape index (κ2) is 8.00. The molecule has 0 unspecified atom stereocenters. The lowest BCUT2D eigenvalue weighted by Gasteiger charge is -2.15. The van der Waals surface area contributed by atoms with Crippen molar-refractivity contribution in [2.75, 3.05) is 19.6 Å². The molecule has 0 atom stereocenters. The first-order chi connectivity index (χ1) is 9.56. The summed E-state index contributed by atoms with van der Waals surface area (Å²) in [6.45, 7) is 5.87. The van der Waals surface area contributed by atoms with Gasteiger partial charge in [-0.2, -0.15) is 5.10 Å². The van der Waals surface area contributed by atoms with Crippen LogP contribution in [0.1, 0.15) is 19.4 Å². The number of nitro benzene ring substituents is 1. The number of benzene rings is 1. The zero-order valence-electron chi connectivity index (χ0n) is 11.6. The molecule has 0 aromatic heterocycles. The molecule has 0 fully saturated rings. The van der Waals surface area contributed by atoms with Gasteiger partial charge < -0.3 is 0 Å². The third-order valence-electron chi connectivity index (χ3n) is 2.77. The Kier molecular flexibility index (Phi) is 6.31. The average Bonchev–Trinajstić information content (AvgIpc) is 2.45. The van der Waals surface area contributed by atoms with Gasteiger partial charge in [0.25, 0.3) is 11.6 Å². The highest BCUT2D eigenvalue weighted by atomic mass is 16.6. The van der Waals surface area contributed by atoms with Gasteiger partial charge in [0.05, 0.1) is 17.7 Å². The van der Waals surface area contributed by atoms with Crippen molar-refractivity contribution in [2.24, 2.45) is 5.10 Å². The molecule has 1 amide bonds. The monoisotopic (exact) mass is 278 g/mol. The number of hydrogen-bond donors (Lipinski definition) is 1. The highest BCUT2D eigenvalue weighted by molar-refractivity contribution is 5.83. The number of non-ortho nitro benzene ring substituents is 1. The summed E-state index contributed by atoms with van der Waals surface area (Å²) in [5, 5.41) is 14.3. The van der Waals surface area contributed by atoms with E-state index in [1.54, 1.807) is 12.1 Å². The number of hydrazone groups is 1. The van der Waals surface area contributed by atoms with Gasteiger partial charge in [0.2, 0.25) is 0 Å². The first kappa shape index (κ1) is 15.8. The summed E-state index contributed by atoms with van der Waals surface area (Å²) >= 11 is 0. The van der Waals surface area contributed by atoms with Gasteiger partial charge in [0.1, 0.15) is 0 Å². The van der Waals surface area contributed by atoms with E-state index in [2.05, 4.69) is 10.5 Å². The number of hydrogen-bond acceptors (Lipinski definition) is 5. The molecule has 7 heteroatoms. The van der Waals surface area contributed by atoms with Crippen LogP contribution in [-0.4, -0.2) is 41.6 Å². The fourth-order valence-electron chi connectivity index (χ4n) is 1.55. The number of nitro groups is 1. The zero-order chi connectivity index (χ0) is 15.0. The molecule has 0 aliphatic carbocycles. The normalized spacial score (nSPS) is 10.9. The first-order valence-electron chi connectivity index (χ1n) is 6.35. The van der Waals surface area contributed by atoms with Crippen molar-refractivity contribution in [3.05, 3.63) is 39.9 Å². The van der Waals surface area contributed by atoms with Crippen LogP contribution in [0, 0.1) is 10.1 Å². The van der Waals surface area contributed by atoms with Gasteiger partial charge >= 0.3 is 0 Å². The largest absolute Gasteiger partial charge is 0.295 e. The Balaban J connectivity index is 2.48. The maximum Gasteiger partial charge on any atom is 0.269 e. The predicted octanol–water partition coefficient (Wildman–Crippen LogP) is 1.39. The number of carbonyl (C=O) groups excluding carboxylic acids is 1. The quantitative estimate of drug-likeness (QED) is 0.464. The molecule has 1 rings (SSSR count). The summed E-state index contributed by atoms with van der Waals surface area (Å²) in [6, 6.07) is 5.91. The lowest BCUT2D eigenvalue weighted by atomic mass is 10.2. The Bertz CT molecular complexity index is 481. The van der Waals surface area contributed by atoms with E-state index < -0.39 is 4.92 Å². The molecular formula is C13H18N4O3. The molecule has 108 valence electrons. The SMILES string of the molecule is CCN(CC)CC(=O)N/N=C\c1ccc([N+](=O)[O-])cc1. The molecule has 0 bridgehead atoms. The fraction of sp³-hybridized carbons (Fsp3) is 0.385. The van der Waals surface area contributed by atoms with E-state index >= 15 is 0 Å². The molecule has 0 saturated heterocycles. The molecule has 1 aromatic rings. The van der Waals surface area contributed by atoms with Gasteiger partial charge in [0, 0.05) is 12.1 Å². The lowest BCUT2D eigenvalue weighted by molar-refractivity contribution is -0.384. The van der Waals surface area contributed by atoms with Crippen molar-refractivity contribution in [1.29, 1.82) is 0 Å². The van der Waals surface area contributed by atoms with Crippen LogP contribution in [-0.2, 0) is 4.79 Å². The van der Waals surface area contributed by atoms with E-state index in [-0.39, 0.29) is 11.6 Å². The lowest BCUT2D eigenvalue weighted by Crippen LogP contribution is -2.35. The first-order valence-corrected chi connectivity index (χ1v) is 6.35. The highest BCUT2D eigenvalue weighted by Gasteiger charge is 2.05. The zero-order valence-corrected chi connectivity index (χ0v) is 11.6. The van der Waals surface area contributed by atoms with Crippen LogP contribution in [0.25, 0.3) is 0 Å². The Morgan fingerprint density at radius 3 is 2.45 bits per heavy atom. The van der Waals surface area contributed by atoms with Gasteiger partial charge in [-0.05, 0) is 30.8 Å². The number of nitrogens with one attached hydrogen (secondary N) is 1. The van der Waals surface area contributed by atoms with Crippen LogP contribution >= 0.6 is 0 Å². The van der Waals surface area contributed by atoms with Crippen LogP contribution in [0.5, 0.6) is 0 Å². The van der Waals surface area contributed by atoms with Crippen LogP contribution in [0.3, 0.4) is 0 Å². The predicted molar refractivity (Wildman–Crippen MR) is 76.6 cm³/mol. The van der Waals surface area contributed by atoms with Gasteiger partial charge in [0.15, 0.2) is 0 Å². The van der Waals surface area contributed by atoms with Crippen molar-refractivity contribution in [3.63, 3.8) is 0 Å².